The maximum Gasteiger partial charge on any atom is 0.320 e. The van der Waals surface area contributed by atoms with E-state index in [0.717, 1.165) is 45.4 Å². The van der Waals surface area contributed by atoms with Crippen molar-refractivity contribution in [1.82, 2.24) is 14.7 Å². The summed E-state index contributed by atoms with van der Waals surface area (Å²) < 4.78 is 0. The molecular weight excluding hydrogens is 246 g/mol. The van der Waals surface area contributed by atoms with E-state index >= 15 is 0 Å². The van der Waals surface area contributed by atoms with Gasteiger partial charge in [-0.3, -0.25) is 4.79 Å². The van der Waals surface area contributed by atoms with Gasteiger partial charge in [0.05, 0.1) is 6.42 Å². The van der Waals surface area contributed by atoms with E-state index in [1.807, 2.05) is 4.90 Å². The van der Waals surface area contributed by atoms with Gasteiger partial charge in [0.1, 0.15) is 0 Å². The van der Waals surface area contributed by atoms with Crippen LogP contribution in [-0.4, -0.2) is 77.6 Å². The number of rotatable bonds is 2. The fourth-order valence-corrected chi connectivity index (χ4v) is 2.92. The summed E-state index contributed by atoms with van der Waals surface area (Å²) in [5.74, 6) is -0.819. The van der Waals surface area contributed by atoms with E-state index in [0.29, 0.717) is 6.54 Å². The Morgan fingerprint density at radius 1 is 1.11 bits per heavy atom. The summed E-state index contributed by atoms with van der Waals surface area (Å²) >= 11 is 0. The van der Waals surface area contributed by atoms with Crippen molar-refractivity contribution in [3.63, 3.8) is 0 Å². The average molecular weight is 269 g/mol. The monoisotopic (exact) mass is 269 g/mol. The van der Waals surface area contributed by atoms with E-state index < -0.39 is 5.97 Å². The lowest BCUT2D eigenvalue weighted by molar-refractivity contribution is -0.138. The fourth-order valence-electron chi connectivity index (χ4n) is 2.92. The third kappa shape index (κ3) is 3.59. The van der Waals surface area contributed by atoms with Crippen LogP contribution >= 0.6 is 0 Å². The Balaban J connectivity index is 1.95. The molecular formula is C13H23N3O3. The van der Waals surface area contributed by atoms with Crippen molar-refractivity contribution in [1.29, 1.82) is 0 Å². The molecule has 2 rings (SSSR count). The number of carboxylic acid groups (broad SMARTS) is 1. The summed E-state index contributed by atoms with van der Waals surface area (Å²) in [5.41, 5.74) is 0. The van der Waals surface area contributed by atoms with Gasteiger partial charge in [-0.25, -0.2) is 4.79 Å². The van der Waals surface area contributed by atoms with Crippen LogP contribution in [0.15, 0.2) is 0 Å². The van der Waals surface area contributed by atoms with Crippen LogP contribution in [0.2, 0.25) is 0 Å². The largest absolute Gasteiger partial charge is 0.481 e. The molecule has 108 valence electrons. The molecule has 0 saturated carbocycles. The van der Waals surface area contributed by atoms with Crippen molar-refractivity contribution in [3.05, 3.63) is 0 Å². The maximum absolute atomic E-state index is 12.5. The quantitative estimate of drug-likeness (QED) is 0.801. The molecule has 2 amide bonds. The number of aliphatic carboxylic acids is 1. The van der Waals surface area contributed by atoms with Gasteiger partial charge in [-0.2, -0.15) is 0 Å². The molecule has 0 radical (unpaired) electrons. The second-order valence-electron chi connectivity index (χ2n) is 5.51. The minimum Gasteiger partial charge on any atom is -0.481 e. The zero-order valence-corrected chi connectivity index (χ0v) is 11.5. The Morgan fingerprint density at radius 2 is 1.89 bits per heavy atom. The van der Waals surface area contributed by atoms with Crippen LogP contribution in [0.1, 0.15) is 25.7 Å². The first kappa shape index (κ1) is 14.1. The maximum atomic E-state index is 12.5. The van der Waals surface area contributed by atoms with Crippen LogP contribution in [0.5, 0.6) is 0 Å². The molecule has 1 N–H and O–H groups in total. The van der Waals surface area contributed by atoms with E-state index in [9.17, 15) is 9.59 Å². The summed E-state index contributed by atoms with van der Waals surface area (Å²) in [4.78, 5) is 29.2. The number of likely N-dealkylation sites (tertiary alicyclic amines) is 1. The minimum absolute atomic E-state index is 0.0269. The molecule has 1 atom stereocenters. The number of hydrogen-bond acceptors (Lipinski definition) is 3. The molecule has 2 saturated heterocycles. The Morgan fingerprint density at radius 3 is 2.63 bits per heavy atom. The zero-order chi connectivity index (χ0) is 13.8. The second-order valence-corrected chi connectivity index (χ2v) is 5.51. The molecule has 2 aliphatic rings. The number of likely N-dealkylation sites (N-methyl/N-ethyl adjacent to an activating group) is 1. The summed E-state index contributed by atoms with van der Waals surface area (Å²) in [6.45, 7) is 4.12. The molecule has 6 nitrogen and oxygen atoms in total. The third-order valence-electron chi connectivity index (χ3n) is 4.02. The highest BCUT2D eigenvalue weighted by atomic mass is 16.4. The number of carbonyl (C=O) groups is 2. The van der Waals surface area contributed by atoms with Crippen molar-refractivity contribution in [2.24, 2.45) is 0 Å². The fraction of sp³-hybridized carbons (Fsp3) is 0.846. The highest BCUT2D eigenvalue weighted by molar-refractivity contribution is 5.76. The van der Waals surface area contributed by atoms with Gasteiger partial charge in [-0.1, -0.05) is 0 Å². The predicted octanol–water partition coefficient (Wildman–Crippen LogP) is 0.683. The van der Waals surface area contributed by atoms with Crippen LogP contribution in [0, 0.1) is 0 Å². The lowest BCUT2D eigenvalue weighted by Gasteiger charge is -2.30. The SMILES string of the molecule is CN1CCCN(C(=O)N2CCCC2CC(=O)O)CC1. The van der Waals surface area contributed by atoms with Crippen LogP contribution in [0.4, 0.5) is 4.79 Å². The van der Waals surface area contributed by atoms with Crippen molar-refractivity contribution in [2.45, 2.75) is 31.7 Å². The Kier molecular flexibility index (Phi) is 4.63. The third-order valence-corrected chi connectivity index (χ3v) is 4.02. The number of nitrogens with zero attached hydrogens (tertiary/aromatic N) is 3. The van der Waals surface area contributed by atoms with Crippen molar-refractivity contribution in [3.8, 4) is 0 Å². The van der Waals surface area contributed by atoms with Crippen LogP contribution in [0.25, 0.3) is 0 Å². The second kappa shape index (κ2) is 6.23. The standard InChI is InChI=1S/C13H23N3O3/c1-14-5-3-6-15(9-8-14)13(19)16-7-2-4-11(16)10-12(17)18/h11H,2-10H2,1H3,(H,17,18). The van der Waals surface area contributed by atoms with Gasteiger partial charge in [0, 0.05) is 32.2 Å². The van der Waals surface area contributed by atoms with E-state index in [4.69, 9.17) is 5.11 Å². The smallest absolute Gasteiger partial charge is 0.320 e. The molecule has 6 heteroatoms. The van der Waals surface area contributed by atoms with Gasteiger partial charge >= 0.3 is 12.0 Å². The molecule has 0 aromatic heterocycles. The summed E-state index contributed by atoms with van der Waals surface area (Å²) in [5, 5.41) is 8.91. The highest BCUT2D eigenvalue weighted by Crippen LogP contribution is 2.22. The summed E-state index contributed by atoms with van der Waals surface area (Å²) in [6.07, 6.45) is 2.78. The van der Waals surface area contributed by atoms with Gasteiger partial charge in [-0.15, -0.1) is 0 Å². The molecule has 2 heterocycles. The zero-order valence-electron chi connectivity index (χ0n) is 11.5. The number of carbonyl (C=O) groups excluding carboxylic acids is 1. The summed E-state index contributed by atoms with van der Waals surface area (Å²) in [7, 11) is 2.07. The van der Waals surface area contributed by atoms with Crippen molar-refractivity contribution < 1.29 is 14.7 Å². The Bertz CT molecular complexity index is 348. The van der Waals surface area contributed by atoms with E-state index in [-0.39, 0.29) is 18.5 Å². The van der Waals surface area contributed by atoms with Crippen LogP contribution in [-0.2, 0) is 4.79 Å². The summed E-state index contributed by atoms with van der Waals surface area (Å²) in [6, 6.07) is -0.0926. The van der Waals surface area contributed by atoms with E-state index in [1.165, 1.54) is 0 Å². The van der Waals surface area contributed by atoms with Crippen molar-refractivity contribution in [2.75, 3.05) is 39.8 Å². The molecule has 2 fully saturated rings. The first-order valence-corrected chi connectivity index (χ1v) is 7.04. The minimum atomic E-state index is -0.819. The number of carboxylic acids is 1. The topological polar surface area (TPSA) is 64.1 Å². The molecule has 19 heavy (non-hydrogen) atoms. The Hall–Kier alpha value is -1.30. The van der Waals surface area contributed by atoms with Crippen molar-refractivity contribution >= 4 is 12.0 Å². The first-order valence-electron chi connectivity index (χ1n) is 7.04. The first-order chi connectivity index (χ1) is 9.08. The molecule has 2 aliphatic heterocycles. The molecule has 0 aliphatic carbocycles. The number of amides is 2. The van der Waals surface area contributed by atoms with Crippen LogP contribution < -0.4 is 0 Å². The van der Waals surface area contributed by atoms with Gasteiger partial charge in [-0.05, 0) is 32.9 Å². The Labute approximate surface area is 114 Å². The molecule has 0 spiro atoms. The molecule has 0 aromatic rings. The van der Waals surface area contributed by atoms with E-state index in [2.05, 4.69) is 11.9 Å². The normalized spacial score (nSPS) is 25.4. The molecule has 0 bridgehead atoms. The lowest BCUT2D eigenvalue weighted by atomic mass is 10.1. The number of urea groups is 1. The highest BCUT2D eigenvalue weighted by Gasteiger charge is 2.33. The lowest BCUT2D eigenvalue weighted by Crippen LogP contribution is -2.47. The van der Waals surface area contributed by atoms with Gasteiger partial charge in [0.2, 0.25) is 0 Å². The van der Waals surface area contributed by atoms with Gasteiger partial charge < -0.3 is 19.8 Å². The molecule has 0 aromatic carbocycles. The van der Waals surface area contributed by atoms with Gasteiger partial charge in [0.25, 0.3) is 0 Å². The number of hydrogen-bond donors (Lipinski definition) is 1. The average Bonchev–Trinajstić information content (AvgIpc) is 2.68. The van der Waals surface area contributed by atoms with E-state index in [1.54, 1.807) is 4.90 Å². The predicted molar refractivity (Wildman–Crippen MR) is 71.1 cm³/mol. The van der Waals surface area contributed by atoms with Crippen LogP contribution in [0.3, 0.4) is 0 Å². The molecule has 1 unspecified atom stereocenters. The van der Waals surface area contributed by atoms with Gasteiger partial charge in [0.15, 0.2) is 0 Å².